The second-order valence-electron chi connectivity index (χ2n) is 7.27. The molecule has 0 aromatic carbocycles. The van der Waals surface area contributed by atoms with Gasteiger partial charge in [-0.2, -0.15) is 21.1 Å². The Morgan fingerprint density at radius 3 is 2.86 bits per heavy atom. The van der Waals surface area contributed by atoms with Gasteiger partial charge in [-0.1, -0.05) is 16.9 Å². The fourth-order valence-corrected chi connectivity index (χ4v) is 7.30. The van der Waals surface area contributed by atoms with Gasteiger partial charge in [0.25, 0.3) is 11.8 Å². The minimum Gasteiger partial charge on any atom is -0.477 e. The minimum absolute atomic E-state index is 0.0729. The van der Waals surface area contributed by atoms with Gasteiger partial charge in [0.05, 0.1) is 0 Å². The average molecular weight is 569 g/mol. The third-order valence-electron chi connectivity index (χ3n) is 5.01. The monoisotopic (exact) mass is 568 g/mol. The third-order valence-corrected chi connectivity index (χ3v) is 9.23. The van der Waals surface area contributed by atoms with E-state index in [0.717, 1.165) is 32.6 Å². The highest BCUT2D eigenvalue weighted by Gasteiger charge is 2.54. The van der Waals surface area contributed by atoms with Gasteiger partial charge >= 0.3 is 5.97 Å². The summed E-state index contributed by atoms with van der Waals surface area (Å²) in [6, 6.07) is 0.856. The Labute approximate surface area is 221 Å². The molecule has 1 fully saturated rings. The molecule has 36 heavy (non-hydrogen) atoms. The molecule has 0 radical (unpaired) electrons. The molecule has 2 aliphatic heterocycles. The molecule has 2 aromatic heterocycles. The standard InChI is InChI=1S/C19H20N8O5S4/c20-2-4-33-6-8-1-3-22-5-9(8)35-10-7-34-17-12(16(29)27(17)13(10)18(30)31)23-15(28)11(25-32)14-24-19(21)36-26-14/h1,3,5,12,17,32H,2,4,6-7,20H2,(H,23,28)(H,30,31)(H2,21,24,26)/b25-11-/t12-,17+/m1/s1. The summed E-state index contributed by atoms with van der Waals surface area (Å²) in [5, 5.41) is 24.0. The summed E-state index contributed by atoms with van der Waals surface area (Å²) in [6.07, 6.45) is 3.34. The molecule has 2 aromatic rings. The number of carbonyl (C=O) groups is 3. The van der Waals surface area contributed by atoms with E-state index in [1.54, 1.807) is 24.2 Å². The van der Waals surface area contributed by atoms with E-state index in [1.807, 2.05) is 6.07 Å². The van der Waals surface area contributed by atoms with E-state index in [-0.39, 0.29) is 16.7 Å². The van der Waals surface area contributed by atoms with Crippen LogP contribution in [0, 0.1) is 0 Å². The molecular weight excluding hydrogens is 549 g/mol. The van der Waals surface area contributed by atoms with Crippen molar-refractivity contribution < 1.29 is 24.7 Å². The summed E-state index contributed by atoms with van der Waals surface area (Å²) in [6.45, 7) is 0.555. The molecule has 2 amide bonds. The van der Waals surface area contributed by atoms with E-state index < -0.39 is 34.9 Å². The summed E-state index contributed by atoms with van der Waals surface area (Å²) in [5.41, 5.74) is 11.4. The van der Waals surface area contributed by atoms with Gasteiger partial charge in [0.1, 0.15) is 17.1 Å². The zero-order valence-corrected chi connectivity index (χ0v) is 21.6. The fourth-order valence-electron chi connectivity index (χ4n) is 3.42. The van der Waals surface area contributed by atoms with Crippen molar-refractivity contribution in [1.29, 1.82) is 0 Å². The summed E-state index contributed by atoms with van der Waals surface area (Å²) in [7, 11) is 0. The first-order chi connectivity index (χ1) is 17.3. The number of aromatic nitrogens is 3. The maximum Gasteiger partial charge on any atom is 0.353 e. The number of nitrogens with two attached hydrogens (primary N) is 2. The SMILES string of the molecule is NCCSCc1ccncc1SC1=C(C(=O)O)N2C(=O)[C@@H](NC(=O)/C(=N\O)c3nsc(N)n3)[C@@H]2SC1. The highest BCUT2D eigenvalue weighted by molar-refractivity contribution is 8.06. The number of pyridine rings is 1. The first-order valence-corrected chi connectivity index (χ1v) is 14.1. The number of carboxylic acids is 1. The summed E-state index contributed by atoms with van der Waals surface area (Å²) in [4.78, 5) is 48.2. The number of nitrogens with one attached hydrogen (secondary N) is 1. The van der Waals surface area contributed by atoms with Crippen LogP contribution in [0.15, 0.2) is 39.1 Å². The molecule has 0 aliphatic carbocycles. The molecule has 17 heteroatoms. The van der Waals surface area contributed by atoms with Crippen molar-refractivity contribution >= 4 is 75.4 Å². The predicted octanol–water partition coefficient (Wildman–Crippen LogP) is 0.374. The van der Waals surface area contributed by atoms with E-state index in [0.29, 0.717) is 23.0 Å². The van der Waals surface area contributed by atoms with Crippen molar-refractivity contribution in [1.82, 2.24) is 24.6 Å². The van der Waals surface area contributed by atoms with Crippen molar-refractivity contribution in [2.45, 2.75) is 22.1 Å². The van der Waals surface area contributed by atoms with Crippen LogP contribution in [0.3, 0.4) is 0 Å². The number of nitrogens with zero attached hydrogens (tertiary/aromatic N) is 5. The van der Waals surface area contributed by atoms with Crippen LogP contribution in [-0.4, -0.2) is 82.5 Å². The Morgan fingerprint density at radius 2 is 2.19 bits per heavy atom. The van der Waals surface area contributed by atoms with Crippen molar-refractivity contribution in [3.63, 3.8) is 0 Å². The highest BCUT2D eigenvalue weighted by Crippen LogP contribution is 2.45. The maximum atomic E-state index is 12.9. The van der Waals surface area contributed by atoms with Crippen LogP contribution >= 0.6 is 46.8 Å². The first-order valence-electron chi connectivity index (χ1n) is 10.3. The van der Waals surface area contributed by atoms with Gasteiger partial charge < -0.3 is 27.1 Å². The van der Waals surface area contributed by atoms with Crippen molar-refractivity contribution in [3.8, 4) is 0 Å². The van der Waals surface area contributed by atoms with Crippen LogP contribution in [0.25, 0.3) is 0 Å². The molecule has 0 saturated carbocycles. The van der Waals surface area contributed by atoms with Gasteiger partial charge in [0.2, 0.25) is 11.5 Å². The molecule has 0 spiro atoms. The van der Waals surface area contributed by atoms with Gasteiger partial charge in [-0.05, 0) is 11.6 Å². The molecule has 1 saturated heterocycles. The maximum absolute atomic E-state index is 12.9. The topological polar surface area (TPSA) is 210 Å². The number of carbonyl (C=O) groups excluding carboxylic acids is 2. The summed E-state index contributed by atoms with van der Waals surface area (Å²) in [5.74, 6) is -1.12. The van der Waals surface area contributed by atoms with Gasteiger partial charge in [0, 0.05) is 57.5 Å². The van der Waals surface area contributed by atoms with Crippen LogP contribution < -0.4 is 16.8 Å². The average Bonchev–Trinajstić information content (AvgIpc) is 3.29. The number of hydrogen-bond acceptors (Lipinski definition) is 14. The van der Waals surface area contributed by atoms with E-state index in [4.69, 9.17) is 11.5 Å². The molecule has 0 unspecified atom stereocenters. The van der Waals surface area contributed by atoms with Crippen LogP contribution in [0.2, 0.25) is 0 Å². The third kappa shape index (κ3) is 5.29. The van der Waals surface area contributed by atoms with Gasteiger partial charge in [0.15, 0.2) is 5.13 Å². The van der Waals surface area contributed by atoms with Gasteiger partial charge in [-0.25, -0.2) is 4.79 Å². The number of nitrogen functional groups attached to an aromatic ring is 1. The molecule has 190 valence electrons. The summed E-state index contributed by atoms with van der Waals surface area (Å²) < 4.78 is 3.83. The second kappa shape index (κ2) is 11.5. The number of carboxylic acid groups (broad SMARTS) is 1. The Balaban J connectivity index is 1.51. The molecule has 2 atom stereocenters. The second-order valence-corrected chi connectivity index (χ2v) is 11.4. The normalized spacial score (nSPS) is 19.6. The number of β-lactam (4-membered cyclic amide) rings is 1. The number of anilines is 1. The van der Waals surface area contributed by atoms with E-state index in [2.05, 4.69) is 24.8 Å². The Bertz CT molecular complexity index is 1250. The van der Waals surface area contributed by atoms with Crippen LogP contribution in [-0.2, 0) is 20.1 Å². The lowest BCUT2D eigenvalue weighted by molar-refractivity contribution is -0.150. The zero-order chi connectivity index (χ0) is 25.8. The quantitative estimate of drug-likeness (QED) is 0.0863. The minimum atomic E-state index is -1.25. The highest BCUT2D eigenvalue weighted by atomic mass is 32.2. The lowest BCUT2D eigenvalue weighted by Crippen LogP contribution is -2.71. The van der Waals surface area contributed by atoms with E-state index in [1.165, 1.54) is 23.5 Å². The number of amides is 2. The largest absolute Gasteiger partial charge is 0.477 e. The van der Waals surface area contributed by atoms with Crippen LogP contribution in [0.1, 0.15) is 11.4 Å². The number of thioether (sulfide) groups is 3. The molecule has 0 bridgehead atoms. The number of hydrogen-bond donors (Lipinski definition) is 5. The lowest BCUT2D eigenvalue weighted by Gasteiger charge is -2.49. The Hall–Kier alpha value is -2.86. The Kier molecular flexibility index (Phi) is 8.35. The number of fused-ring (bicyclic) bond motifs is 1. The predicted molar refractivity (Wildman–Crippen MR) is 138 cm³/mol. The number of rotatable bonds is 10. The van der Waals surface area contributed by atoms with Gasteiger partial charge in [-0.15, -0.1) is 11.8 Å². The molecule has 13 nitrogen and oxygen atoms in total. The molecule has 7 N–H and O–H groups in total. The van der Waals surface area contributed by atoms with Crippen LogP contribution in [0.4, 0.5) is 5.13 Å². The Morgan fingerprint density at radius 1 is 1.39 bits per heavy atom. The molecular formula is C19H20N8O5S4. The molecule has 4 heterocycles. The first kappa shape index (κ1) is 26.2. The van der Waals surface area contributed by atoms with Crippen molar-refractivity contribution in [2.75, 3.05) is 23.8 Å². The zero-order valence-electron chi connectivity index (χ0n) is 18.4. The smallest absolute Gasteiger partial charge is 0.353 e. The summed E-state index contributed by atoms with van der Waals surface area (Å²) >= 11 is 5.05. The molecule has 4 rings (SSSR count). The van der Waals surface area contributed by atoms with Crippen molar-refractivity contribution in [2.24, 2.45) is 10.9 Å². The number of oxime groups is 1. The van der Waals surface area contributed by atoms with E-state index >= 15 is 0 Å². The van der Waals surface area contributed by atoms with E-state index in [9.17, 15) is 24.7 Å². The van der Waals surface area contributed by atoms with Gasteiger partial charge in [-0.3, -0.25) is 19.5 Å². The number of aliphatic carboxylic acids is 1. The lowest BCUT2D eigenvalue weighted by atomic mass is 10.0. The fraction of sp³-hybridized carbons (Fsp3) is 0.316. The van der Waals surface area contributed by atoms with Crippen molar-refractivity contribution in [3.05, 3.63) is 40.5 Å². The van der Waals surface area contributed by atoms with Crippen LogP contribution in [0.5, 0.6) is 0 Å². The molecule has 2 aliphatic rings.